The van der Waals surface area contributed by atoms with Gasteiger partial charge < -0.3 is 15.5 Å². The Morgan fingerprint density at radius 3 is 2.17 bits per heavy atom. The van der Waals surface area contributed by atoms with Crippen LogP contribution in [0.4, 0.5) is 14.9 Å². The number of halogens is 1. The van der Waals surface area contributed by atoms with Crippen LogP contribution in [0, 0.1) is 17.7 Å². The van der Waals surface area contributed by atoms with Crippen molar-refractivity contribution in [2.45, 2.75) is 77.9 Å². The van der Waals surface area contributed by atoms with Crippen molar-refractivity contribution in [2.24, 2.45) is 11.8 Å². The van der Waals surface area contributed by atoms with Crippen LogP contribution >= 0.6 is 0 Å². The van der Waals surface area contributed by atoms with Gasteiger partial charge in [-0.05, 0) is 109 Å². The van der Waals surface area contributed by atoms with Gasteiger partial charge in [0.25, 0.3) is 0 Å². The Labute approximate surface area is 266 Å². The molecule has 1 saturated carbocycles. The number of benzene rings is 2. The molecule has 4 aromatic rings. The van der Waals surface area contributed by atoms with E-state index in [0.717, 1.165) is 57.1 Å². The van der Waals surface area contributed by atoms with Crippen LogP contribution in [0.3, 0.4) is 0 Å². The van der Waals surface area contributed by atoms with Crippen molar-refractivity contribution in [3.8, 4) is 22.8 Å². The lowest BCUT2D eigenvalue weighted by molar-refractivity contribution is -0.139. The number of hydrogen-bond donors (Lipinski definition) is 2. The minimum absolute atomic E-state index is 0.107. The molecule has 3 amide bonds. The molecule has 1 aliphatic carbocycles. The fraction of sp³-hybridized carbons (Fsp3) is 0.500. The fourth-order valence-corrected chi connectivity index (χ4v) is 6.76. The SMILES string of the molecule is CCn1nnnc1-c1cc(NC(=O)N[C@@H]2CCCC[C@H]2C(=O)N2CCC[C@@H](Cc3ccc(F)cc3)C2)cc(-c2nnnn2CC)c1. The number of piperidine rings is 1. The van der Waals surface area contributed by atoms with Gasteiger partial charge in [-0.2, -0.15) is 0 Å². The second-order valence-corrected chi connectivity index (χ2v) is 12.2. The molecule has 2 aromatic heterocycles. The molecule has 6 rings (SSSR count). The third kappa shape index (κ3) is 7.05. The van der Waals surface area contributed by atoms with Crippen LogP contribution < -0.4 is 10.6 Å². The average Bonchev–Trinajstić information content (AvgIpc) is 3.76. The Balaban J connectivity index is 1.16. The summed E-state index contributed by atoms with van der Waals surface area (Å²) < 4.78 is 16.7. The quantitative estimate of drug-likeness (QED) is 0.278. The highest BCUT2D eigenvalue weighted by atomic mass is 19.1. The van der Waals surface area contributed by atoms with E-state index in [2.05, 4.69) is 41.7 Å². The number of nitrogens with one attached hydrogen (secondary N) is 2. The Morgan fingerprint density at radius 1 is 0.870 bits per heavy atom. The molecule has 46 heavy (non-hydrogen) atoms. The van der Waals surface area contributed by atoms with Crippen molar-refractivity contribution < 1.29 is 14.0 Å². The maximum Gasteiger partial charge on any atom is 0.319 e. The van der Waals surface area contributed by atoms with Crippen LogP contribution in [0.5, 0.6) is 0 Å². The second kappa shape index (κ2) is 14.1. The maximum absolute atomic E-state index is 13.9. The summed E-state index contributed by atoms with van der Waals surface area (Å²) >= 11 is 0. The molecule has 0 spiro atoms. The number of likely N-dealkylation sites (tertiary alicyclic amines) is 1. The first-order valence-corrected chi connectivity index (χ1v) is 16.2. The number of aromatic nitrogens is 8. The van der Waals surface area contributed by atoms with Crippen LogP contribution in [0.25, 0.3) is 22.8 Å². The molecule has 2 aliphatic rings. The monoisotopic (exact) mass is 629 g/mol. The summed E-state index contributed by atoms with van der Waals surface area (Å²) in [7, 11) is 0. The number of urea groups is 1. The van der Waals surface area contributed by atoms with E-state index in [1.165, 1.54) is 12.1 Å². The van der Waals surface area contributed by atoms with Gasteiger partial charge in [-0.25, -0.2) is 18.5 Å². The standard InChI is InChI=1S/C32H40FN11O2/c1-3-43-29(36-38-40-43)23-17-24(30-37-39-41-44(30)4-2)19-26(18-23)34-32(46)35-28-10-6-5-9-27(28)31(45)42-15-7-8-22(20-42)16-21-11-13-25(33)14-12-21/h11-14,17-19,22,27-28H,3-10,15-16,20H2,1-2H3,(H2,34,35,46)/t22-,27+,28+/m0/s1. The van der Waals surface area contributed by atoms with Crippen LogP contribution in [0.2, 0.25) is 0 Å². The lowest BCUT2D eigenvalue weighted by atomic mass is 9.82. The smallest absolute Gasteiger partial charge is 0.319 e. The number of amides is 3. The van der Waals surface area contributed by atoms with Crippen LogP contribution in [0.15, 0.2) is 42.5 Å². The minimum atomic E-state index is -0.384. The second-order valence-electron chi connectivity index (χ2n) is 12.2. The lowest BCUT2D eigenvalue weighted by Crippen LogP contribution is -2.52. The van der Waals surface area contributed by atoms with E-state index in [-0.39, 0.29) is 29.7 Å². The van der Waals surface area contributed by atoms with Gasteiger partial charge in [-0.1, -0.05) is 25.0 Å². The van der Waals surface area contributed by atoms with Gasteiger partial charge in [-0.3, -0.25) is 4.79 Å². The number of hydrogen-bond acceptors (Lipinski definition) is 8. The van der Waals surface area contributed by atoms with Gasteiger partial charge in [0, 0.05) is 49.0 Å². The molecule has 14 heteroatoms. The van der Waals surface area contributed by atoms with Gasteiger partial charge in [-0.15, -0.1) is 10.2 Å². The Kier molecular flexibility index (Phi) is 9.60. The van der Waals surface area contributed by atoms with E-state index < -0.39 is 0 Å². The largest absolute Gasteiger partial charge is 0.342 e. The molecule has 1 saturated heterocycles. The van der Waals surface area contributed by atoms with Crippen molar-refractivity contribution >= 4 is 17.6 Å². The molecule has 13 nitrogen and oxygen atoms in total. The zero-order valence-electron chi connectivity index (χ0n) is 26.3. The maximum atomic E-state index is 13.9. The van der Waals surface area contributed by atoms with Gasteiger partial charge in [0.15, 0.2) is 11.6 Å². The number of nitrogens with zero attached hydrogens (tertiary/aromatic N) is 9. The highest BCUT2D eigenvalue weighted by Crippen LogP contribution is 2.31. The highest BCUT2D eigenvalue weighted by Gasteiger charge is 2.36. The molecular weight excluding hydrogens is 589 g/mol. The third-order valence-corrected chi connectivity index (χ3v) is 9.04. The van der Waals surface area contributed by atoms with Gasteiger partial charge >= 0.3 is 6.03 Å². The van der Waals surface area contributed by atoms with E-state index >= 15 is 0 Å². The number of anilines is 1. The van der Waals surface area contributed by atoms with Crippen LogP contribution in [-0.4, -0.2) is 76.4 Å². The first-order chi connectivity index (χ1) is 22.4. The van der Waals surface area contributed by atoms with Gasteiger partial charge in [0.1, 0.15) is 5.82 Å². The summed E-state index contributed by atoms with van der Waals surface area (Å²) in [5.74, 6) is 1.02. The molecule has 0 radical (unpaired) electrons. The van der Waals surface area contributed by atoms with Gasteiger partial charge in [0.2, 0.25) is 5.91 Å². The molecule has 242 valence electrons. The summed E-state index contributed by atoms with van der Waals surface area (Å²) in [6, 6.07) is 11.5. The highest BCUT2D eigenvalue weighted by molar-refractivity contribution is 5.92. The number of rotatable bonds is 9. The van der Waals surface area contributed by atoms with E-state index in [9.17, 15) is 14.0 Å². The van der Waals surface area contributed by atoms with E-state index in [1.807, 2.05) is 49.1 Å². The van der Waals surface area contributed by atoms with Crippen molar-refractivity contribution in [3.05, 3.63) is 53.8 Å². The van der Waals surface area contributed by atoms with Gasteiger partial charge in [0.05, 0.1) is 5.92 Å². The summed E-state index contributed by atoms with van der Waals surface area (Å²) in [4.78, 5) is 29.3. The minimum Gasteiger partial charge on any atom is -0.342 e. The molecule has 2 aromatic carbocycles. The molecule has 3 heterocycles. The summed E-state index contributed by atoms with van der Waals surface area (Å²) in [6.45, 7) is 6.44. The molecule has 0 unspecified atom stereocenters. The molecule has 1 aliphatic heterocycles. The Morgan fingerprint density at radius 2 is 1.52 bits per heavy atom. The first kappa shape index (κ1) is 31.2. The molecule has 2 fully saturated rings. The number of carbonyl (C=O) groups is 2. The van der Waals surface area contributed by atoms with Crippen molar-refractivity contribution in [1.29, 1.82) is 0 Å². The molecule has 0 bridgehead atoms. The topological polar surface area (TPSA) is 149 Å². The molecule has 2 N–H and O–H groups in total. The number of carbonyl (C=O) groups excluding carboxylic acids is 2. The molecular formula is C32H40FN11O2. The van der Waals surface area contributed by atoms with Crippen molar-refractivity contribution in [2.75, 3.05) is 18.4 Å². The number of aryl methyl sites for hydroxylation is 2. The zero-order valence-corrected chi connectivity index (χ0v) is 26.3. The average molecular weight is 630 g/mol. The fourth-order valence-electron chi connectivity index (χ4n) is 6.76. The number of tetrazole rings is 2. The predicted octanol–water partition coefficient (Wildman–Crippen LogP) is 4.33. The Bertz CT molecular complexity index is 1590. The Hall–Kier alpha value is -4.75. The zero-order chi connectivity index (χ0) is 32.0. The molecule has 3 atom stereocenters. The van der Waals surface area contributed by atoms with Crippen molar-refractivity contribution in [1.82, 2.24) is 50.6 Å². The van der Waals surface area contributed by atoms with E-state index in [1.54, 1.807) is 9.36 Å². The van der Waals surface area contributed by atoms with Crippen LogP contribution in [-0.2, 0) is 24.3 Å². The van der Waals surface area contributed by atoms with Crippen molar-refractivity contribution in [3.63, 3.8) is 0 Å². The summed E-state index contributed by atoms with van der Waals surface area (Å²) in [5, 5.41) is 30.3. The first-order valence-electron chi connectivity index (χ1n) is 16.2. The van der Waals surface area contributed by atoms with E-state index in [4.69, 9.17) is 0 Å². The normalized spacial score (nSPS) is 20.0. The predicted molar refractivity (Wildman–Crippen MR) is 169 cm³/mol. The third-order valence-electron chi connectivity index (χ3n) is 9.04. The summed E-state index contributed by atoms with van der Waals surface area (Å²) in [5.41, 5.74) is 3.02. The lowest BCUT2D eigenvalue weighted by Gasteiger charge is -2.39. The van der Waals surface area contributed by atoms with Crippen LogP contribution in [0.1, 0.15) is 57.9 Å². The van der Waals surface area contributed by atoms with E-state index in [0.29, 0.717) is 54.0 Å². The summed E-state index contributed by atoms with van der Waals surface area (Å²) in [6.07, 6.45) is 6.15.